The molecule has 1 amide bonds. The van der Waals surface area contributed by atoms with Gasteiger partial charge in [0.1, 0.15) is 0 Å². The summed E-state index contributed by atoms with van der Waals surface area (Å²) in [6.45, 7) is 2.35. The third-order valence-corrected chi connectivity index (χ3v) is 6.53. The molecule has 144 valence electrons. The first-order valence-corrected chi connectivity index (χ1v) is 10.5. The first kappa shape index (κ1) is 19.4. The number of anilines is 1. The zero-order valence-electron chi connectivity index (χ0n) is 15.5. The van der Waals surface area contributed by atoms with E-state index in [1.54, 1.807) is 18.2 Å². The van der Waals surface area contributed by atoms with Crippen molar-refractivity contribution in [3.8, 4) is 0 Å². The van der Waals surface area contributed by atoms with E-state index in [4.69, 9.17) is 0 Å². The van der Waals surface area contributed by atoms with Crippen molar-refractivity contribution in [3.63, 3.8) is 0 Å². The van der Waals surface area contributed by atoms with Crippen molar-refractivity contribution in [2.75, 3.05) is 31.6 Å². The molecule has 0 aliphatic carbocycles. The molecule has 2 aromatic carbocycles. The summed E-state index contributed by atoms with van der Waals surface area (Å²) in [7, 11) is -2.26. The van der Waals surface area contributed by atoms with Crippen molar-refractivity contribution in [1.82, 2.24) is 9.62 Å². The molecule has 1 heterocycles. The lowest BCUT2D eigenvalue weighted by Gasteiger charge is -2.18. The average Bonchev–Trinajstić information content (AvgIpc) is 3.22. The van der Waals surface area contributed by atoms with E-state index >= 15 is 0 Å². The molecule has 6 nitrogen and oxygen atoms in total. The highest BCUT2D eigenvalue weighted by atomic mass is 32.2. The van der Waals surface area contributed by atoms with Crippen LogP contribution in [0.25, 0.3) is 0 Å². The number of sulfonamides is 1. The summed E-state index contributed by atoms with van der Waals surface area (Å²) in [5.74, 6) is -0.333. The molecule has 0 unspecified atom stereocenters. The summed E-state index contributed by atoms with van der Waals surface area (Å²) in [6.07, 6.45) is 2.47. The highest BCUT2D eigenvalue weighted by molar-refractivity contribution is 7.89. The van der Waals surface area contributed by atoms with E-state index in [0.29, 0.717) is 6.54 Å². The topological polar surface area (TPSA) is 69.7 Å². The zero-order chi connectivity index (χ0) is 19.3. The van der Waals surface area contributed by atoms with Crippen molar-refractivity contribution in [2.24, 2.45) is 0 Å². The number of rotatable bonds is 7. The summed E-state index contributed by atoms with van der Waals surface area (Å²) >= 11 is 0. The Morgan fingerprint density at radius 1 is 1.04 bits per heavy atom. The third-order valence-electron chi connectivity index (χ3n) is 4.71. The van der Waals surface area contributed by atoms with Gasteiger partial charge in [-0.2, -0.15) is 4.31 Å². The Bertz CT molecular complexity index is 861. The standard InChI is InChI=1S/C20H25N3O3S/c1-22(27(25,26)19-7-3-2-4-8-19)16-20(24)21-15-17-9-11-18(12-10-17)23-13-5-6-14-23/h2-4,7-12H,5-6,13-16H2,1H3,(H,21,24). The molecule has 7 heteroatoms. The van der Waals surface area contributed by atoms with E-state index in [0.717, 1.165) is 23.0 Å². The predicted molar refractivity (Wildman–Crippen MR) is 106 cm³/mol. The number of hydrogen-bond donors (Lipinski definition) is 1. The van der Waals surface area contributed by atoms with E-state index in [1.807, 2.05) is 12.1 Å². The Morgan fingerprint density at radius 3 is 2.30 bits per heavy atom. The van der Waals surface area contributed by atoms with Gasteiger partial charge < -0.3 is 10.2 Å². The largest absolute Gasteiger partial charge is 0.372 e. The SMILES string of the molecule is CN(CC(=O)NCc1ccc(N2CCCC2)cc1)S(=O)(=O)c1ccccc1. The van der Waals surface area contributed by atoms with Crippen LogP contribution in [0.3, 0.4) is 0 Å². The summed E-state index contributed by atoms with van der Waals surface area (Å²) in [5.41, 5.74) is 2.19. The maximum atomic E-state index is 12.4. The molecule has 1 saturated heterocycles. The van der Waals surface area contributed by atoms with Gasteiger partial charge in [-0.3, -0.25) is 4.79 Å². The molecule has 1 fully saturated rings. The summed E-state index contributed by atoms with van der Waals surface area (Å²) in [6, 6.07) is 16.2. The van der Waals surface area contributed by atoms with Crippen molar-refractivity contribution in [3.05, 3.63) is 60.2 Å². The second-order valence-corrected chi connectivity index (χ2v) is 8.76. The van der Waals surface area contributed by atoms with Gasteiger partial charge in [-0.25, -0.2) is 8.42 Å². The highest BCUT2D eigenvalue weighted by Crippen LogP contribution is 2.20. The predicted octanol–water partition coefficient (Wildman–Crippen LogP) is 2.22. The van der Waals surface area contributed by atoms with E-state index < -0.39 is 10.0 Å². The van der Waals surface area contributed by atoms with Crippen LogP contribution in [0.4, 0.5) is 5.69 Å². The van der Waals surface area contributed by atoms with Gasteiger partial charge in [-0.05, 0) is 42.7 Å². The number of nitrogens with zero attached hydrogens (tertiary/aromatic N) is 2. The van der Waals surface area contributed by atoms with Crippen LogP contribution in [-0.4, -0.2) is 45.3 Å². The average molecular weight is 388 g/mol. The molecule has 2 aromatic rings. The van der Waals surface area contributed by atoms with Crippen molar-refractivity contribution in [2.45, 2.75) is 24.3 Å². The first-order valence-electron chi connectivity index (χ1n) is 9.09. The molecule has 0 aromatic heterocycles. The summed E-state index contributed by atoms with van der Waals surface area (Å²) < 4.78 is 26.0. The maximum Gasteiger partial charge on any atom is 0.243 e. The Labute approximate surface area is 160 Å². The minimum atomic E-state index is -3.67. The van der Waals surface area contributed by atoms with Crippen LogP contribution in [-0.2, 0) is 21.4 Å². The molecular formula is C20H25N3O3S. The normalized spacial score (nSPS) is 14.5. The lowest BCUT2D eigenvalue weighted by molar-refractivity contribution is -0.121. The molecule has 27 heavy (non-hydrogen) atoms. The van der Waals surface area contributed by atoms with Crippen LogP contribution >= 0.6 is 0 Å². The van der Waals surface area contributed by atoms with E-state index in [-0.39, 0.29) is 17.3 Å². The van der Waals surface area contributed by atoms with E-state index in [2.05, 4.69) is 22.3 Å². The van der Waals surface area contributed by atoms with Crippen LogP contribution in [0.2, 0.25) is 0 Å². The molecule has 1 N–H and O–H groups in total. The number of nitrogens with one attached hydrogen (secondary N) is 1. The van der Waals surface area contributed by atoms with Crippen LogP contribution in [0, 0.1) is 0 Å². The van der Waals surface area contributed by atoms with E-state index in [1.165, 1.54) is 37.7 Å². The number of hydrogen-bond acceptors (Lipinski definition) is 4. The molecule has 1 aliphatic rings. The Hall–Kier alpha value is -2.38. The Morgan fingerprint density at radius 2 is 1.67 bits per heavy atom. The van der Waals surface area contributed by atoms with Gasteiger partial charge in [0.15, 0.2) is 0 Å². The second kappa shape index (κ2) is 8.54. The molecule has 0 bridgehead atoms. The zero-order valence-corrected chi connectivity index (χ0v) is 16.3. The molecule has 1 aliphatic heterocycles. The lowest BCUT2D eigenvalue weighted by atomic mass is 10.2. The third kappa shape index (κ3) is 4.87. The van der Waals surface area contributed by atoms with Crippen molar-refractivity contribution in [1.29, 1.82) is 0 Å². The summed E-state index contributed by atoms with van der Waals surface area (Å²) in [4.78, 5) is 14.7. The fourth-order valence-electron chi connectivity index (χ4n) is 3.12. The molecule has 0 saturated carbocycles. The fraction of sp³-hybridized carbons (Fsp3) is 0.350. The minimum Gasteiger partial charge on any atom is -0.372 e. The maximum absolute atomic E-state index is 12.4. The van der Waals surface area contributed by atoms with Crippen molar-refractivity contribution >= 4 is 21.6 Å². The quantitative estimate of drug-likeness (QED) is 0.791. The number of carbonyl (C=O) groups is 1. The fourth-order valence-corrected chi connectivity index (χ4v) is 4.26. The highest BCUT2D eigenvalue weighted by Gasteiger charge is 2.22. The lowest BCUT2D eigenvalue weighted by Crippen LogP contribution is -2.38. The van der Waals surface area contributed by atoms with Crippen LogP contribution in [0.15, 0.2) is 59.5 Å². The van der Waals surface area contributed by atoms with Gasteiger partial charge in [0.25, 0.3) is 0 Å². The van der Waals surface area contributed by atoms with Crippen molar-refractivity contribution < 1.29 is 13.2 Å². The van der Waals surface area contributed by atoms with Crippen LogP contribution in [0.1, 0.15) is 18.4 Å². The first-order chi connectivity index (χ1) is 13.0. The Balaban J connectivity index is 1.52. The van der Waals surface area contributed by atoms with Gasteiger partial charge in [-0.1, -0.05) is 30.3 Å². The number of carbonyl (C=O) groups excluding carboxylic acids is 1. The van der Waals surface area contributed by atoms with E-state index in [9.17, 15) is 13.2 Å². The molecule has 0 radical (unpaired) electrons. The summed E-state index contributed by atoms with van der Waals surface area (Å²) in [5, 5.41) is 2.78. The van der Waals surface area contributed by atoms with Crippen LogP contribution < -0.4 is 10.2 Å². The van der Waals surface area contributed by atoms with Gasteiger partial charge in [0.2, 0.25) is 15.9 Å². The van der Waals surface area contributed by atoms with Gasteiger partial charge in [-0.15, -0.1) is 0 Å². The number of benzene rings is 2. The van der Waals surface area contributed by atoms with Gasteiger partial charge in [0, 0.05) is 32.4 Å². The smallest absolute Gasteiger partial charge is 0.243 e. The van der Waals surface area contributed by atoms with Gasteiger partial charge in [0.05, 0.1) is 11.4 Å². The second-order valence-electron chi connectivity index (χ2n) is 6.71. The number of likely N-dealkylation sites (N-methyl/N-ethyl adjacent to an activating group) is 1. The minimum absolute atomic E-state index is 0.179. The number of amides is 1. The van der Waals surface area contributed by atoms with Gasteiger partial charge >= 0.3 is 0 Å². The Kier molecular flexibility index (Phi) is 6.13. The molecule has 0 atom stereocenters. The monoisotopic (exact) mass is 387 g/mol. The molecule has 3 rings (SSSR count). The van der Waals surface area contributed by atoms with Crippen LogP contribution in [0.5, 0.6) is 0 Å². The molecule has 0 spiro atoms. The molecular weight excluding hydrogens is 362 g/mol.